The van der Waals surface area contributed by atoms with Crippen LogP contribution in [0.4, 0.5) is 64.9 Å². The topological polar surface area (TPSA) is 139 Å². The normalized spacial score (nSPS) is 14.6. The molecule has 2 aliphatic rings. The van der Waals surface area contributed by atoms with Gasteiger partial charge in [0.15, 0.2) is 5.78 Å². The molecule has 5 amide bonds. The minimum atomic E-state index is -5.15. The molecule has 4 aromatic carbocycles. The molecule has 1 N–H and O–H groups in total. The highest BCUT2D eigenvalue weighted by Crippen LogP contribution is 2.32. The number of amides is 5. The lowest BCUT2D eigenvalue weighted by molar-refractivity contribution is -0.173. The van der Waals surface area contributed by atoms with Crippen LogP contribution in [0, 0.1) is 23.3 Å². The van der Waals surface area contributed by atoms with Crippen molar-refractivity contribution in [2.24, 2.45) is 0 Å². The number of hydrogen-bond donors (Lipinski definition) is 1. The first-order valence-corrected chi connectivity index (χ1v) is 23.1. The number of benzene rings is 4. The van der Waals surface area contributed by atoms with Gasteiger partial charge in [-0.05, 0) is 67.7 Å². The van der Waals surface area contributed by atoms with E-state index in [1.807, 2.05) is 13.8 Å². The number of alkyl halides is 6. The van der Waals surface area contributed by atoms with Crippen molar-refractivity contribution in [3.05, 3.63) is 129 Å². The maximum Gasteiger partial charge on any atom is 0.471 e. The summed E-state index contributed by atoms with van der Waals surface area (Å²) in [5.41, 5.74) is 0.232. The summed E-state index contributed by atoms with van der Waals surface area (Å²) in [6, 6.07) is 13.3. The number of halogens is 12. The van der Waals surface area contributed by atoms with Crippen molar-refractivity contribution in [3.8, 4) is 11.5 Å². The highest BCUT2D eigenvalue weighted by atomic mass is 35.5. The average Bonchev–Trinajstić information content (AvgIpc) is 3.88. The van der Waals surface area contributed by atoms with Crippen molar-refractivity contribution in [2.45, 2.75) is 39.3 Å². The van der Waals surface area contributed by atoms with Crippen LogP contribution in [0.1, 0.15) is 41.2 Å². The summed E-state index contributed by atoms with van der Waals surface area (Å²) >= 11 is 11.8. The zero-order valence-corrected chi connectivity index (χ0v) is 40.3. The molecule has 7 rings (SSSR count). The molecule has 73 heavy (non-hydrogen) atoms. The molecule has 0 saturated carbocycles. The van der Waals surface area contributed by atoms with E-state index in [0.717, 1.165) is 37.4 Å². The number of likely N-dealkylation sites (N-methyl/N-ethyl adjacent to an activating group) is 2. The van der Waals surface area contributed by atoms with Crippen LogP contribution in [0.3, 0.4) is 0 Å². The Balaban J connectivity index is 0.000000238. The second-order valence-corrected chi connectivity index (χ2v) is 17.2. The van der Waals surface area contributed by atoms with Gasteiger partial charge in [-0.25, -0.2) is 27.2 Å². The third kappa shape index (κ3) is 14.4. The zero-order valence-electron chi connectivity index (χ0n) is 38.8. The van der Waals surface area contributed by atoms with Crippen molar-refractivity contribution in [3.63, 3.8) is 0 Å². The maximum atomic E-state index is 15.0. The highest BCUT2D eigenvalue weighted by molar-refractivity contribution is 6.31. The lowest BCUT2D eigenvalue weighted by atomic mass is 10.1. The van der Waals surface area contributed by atoms with Gasteiger partial charge in [-0.1, -0.05) is 55.2 Å². The number of nitrogens with one attached hydrogen (secondary N) is 1. The number of ketones is 1. The fraction of sp³-hybridized carbons (Fsp3) is 0.362. The molecule has 0 aliphatic carbocycles. The summed E-state index contributed by atoms with van der Waals surface area (Å²) in [5.74, 6) is -8.33. The van der Waals surface area contributed by atoms with E-state index in [1.165, 1.54) is 63.6 Å². The van der Waals surface area contributed by atoms with Gasteiger partial charge in [0.1, 0.15) is 23.3 Å². The Labute approximate surface area is 421 Å². The number of aromatic nitrogens is 2. The van der Waals surface area contributed by atoms with E-state index in [9.17, 15) is 58.7 Å². The lowest BCUT2D eigenvalue weighted by Gasteiger charge is -2.37. The third-order valence-electron chi connectivity index (χ3n) is 11.7. The SMILES string of the molecule is CCN1CCN(C(=O)N(Cc2ccc(-c3nnc(C(F)(F)F)o3)cc2F)c2ccc(F)c(Cl)c2)CC1.CCN1CCN(C(=O)N(Cc2ccc(C(=O)CNC(=O)C(F)(F)F)cc2F)c2ccc(F)c(Cl)c2)CC1. The molecule has 0 atom stereocenters. The number of piperazine rings is 2. The summed E-state index contributed by atoms with van der Waals surface area (Å²) in [6.45, 7) is 8.62. The summed E-state index contributed by atoms with van der Waals surface area (Å²) in [6.07, 6.45) is -9.98. The largest absolute Gasteiger partial charge is 0.471 e. The number of nitrogens with zero attached hydrogens (tertiary/aromatic N) is 8. The Bertz CT molecular complexity index is 2790. The van der Waals surface area contributed by atoms with E-state index >= 15 is 4.39 Å². The first kappa shape index (κ1) is 55.8. The quantitative estimate of drug-likeness (QED) is 0.0956. The number of anilines is 2. The van der Waals surface area contributed by atoms with Gasteiger partial charge >= 0.3 is 36.2 Å². The average molecular weight is 1080 g/mol. The molecule has 0 bridgehead atoms. The Hall–Kier alpha value is -6.50. The number of urea groups is 2. The van der Waals surface area contributed by atoms with E-state index in [-0.39, 0.29) is 56.8 Å². The lowest BCUT2D eigenvalue weighted by Crippen LogP contribution is -2.52. The van der Waals surface area contributed by atoms with Crippen LogP contribution in [0.25, 0.3) is 11.5 Å². The van der Waals surface area contributed by atoms with Gasteiger partial charge in [-0.3, -0.25) is 19.4 Å². The predicted molar refractivity (Wildman–Crippen MR) is 248 cm³/mol. The van der Waals surface area contributed by atoms with E-state index in [2.05, 4.69) is 24.4 Å². The summed E-state index contributed by atoms with van der Waals surface area (Å²) in [7, 11) is 0. The second-order valence-electron chi connectivity index (χ2n) is 16.4. The van der Waals surface area contributed by atoms with Crippen LogP contribution in [0.15, 0.2) is 77.2 Å². The number of carbonyl (C=O) groups is 4. The number of Topliss-reactive ketones (excluding diaryl/α,β-unsaturated/α-hetero) is 1. The van der Waals surface area contributed by atoms with Gasteiger partial charge in [0.25, 0.3) is 0 Å². The molecular formula is C47H45Cl2F10N9O5. The van der Waals surface area contributed by atoms with Crippen LogP contribution in [0.5, 0.6) is 0 Å². The second kappa shape index (κ2) is 24.0. The fourth-order valence-electron chi connectivity index (χ4n) is 7.51. The fourth-order valence-corrected chi connectivity index (χ4v) is 7.86. The van der Waals surface area contributed by atoms with Gasteiger partial charge in [-0.2, -0.15) is 26.3 Å². The molecule has 14 nitrogen and oxygen atoms in total. The summed E-state index contributed by atoms with van der Waals surface area (Å²) in [4.78, 5) is 59.9. The molecule has 5 aromatic rings. The van der Waals surface area contributed by atoms with E-state index in [4.69, 9.17) is 23.2 Å². The van der Waals surface area contributed by atoms with Crippen molar-refractivity contribution >= 4 is 58.3 Å². The molecule has 392 valence electrons. The van der Waals surface area contributed by atoms with E-state index in [0.29, 0.717) is 52.4 Å². The molecule has 1 aromatic heterocycles. The van der Waals surface area contributed by atoms with Crippen LogP contribution < -0.4 is 15.1 Å². The molecule has 3 heterocycles. The molecule has 2 saturated heterocycles. The first-order chi connectivity index (χ1) is 34.5. The molecule has 0 unspecified atom stereocenters. The third-order valence-corrected chi connectivity index (χ3v) is 12.3. The van der Waals surface area contributed by atoms with Crippen molar-refractivity contribution in [1.29, 1.82) is 0 Å². The summed E-state index contributed by atoms with van der Waals surface area (Å²) in [5, 5.41) is 7.27. The van der Waals surface area contributed by atoms with Gasteiger partial charge in [0.05, 0.1) is 29.7 Å². The number of carbonyl (C=O) groups excluding carboxylic acids is 4. The number of rotatable bonds is 12. The monoisotopic (exact) mass is 1080 g/mol. The molecule has 2 fully saturated rings. The summed E-state index contributed by atoms with van der Waals surface area (Å²) < 4.78 is 137. The van der Waals surface area contributed by atoms with Gasteiger partial charge in [-0.15, -0.1) is 10.2 Å². The van der Waals surface area contributed by atoms with Gasteiger partial charge in [0, 0.05) is 86.0 Å². The molecule has 2 aliphatic heterocycles. The molecule has 26 heteroatoms. The maximum absolute atomic E-state index is 15.0. The van der Waals surface area contributed by atoms with Crippen molar-refractivity contribution < 1.29 is 67.5 Å². The number of hydrogen-bond acceptors (Lipinski definition) is 9. The van der Waals surface area contributed by atoms with Crippen LogP contribution in [-0.2, 0) is 24.1 Å². The molecule has 0 radical (unpaired) electrons. The Kier molecular flexibility index (Phi) is 18.4. The van der Waals surface area contributed by atoms with Crippen LogP contribution >= 0.6 is 23.2 Å². The smallest absolute Gasteiger partial charge is 0.413 e. The van der Waals surface area contributed by atoms with Gasteiger partial charge < -0.3 is 29.3 Å². The Morgan fingerprint density at radius 3 is 1.48 bits per heavy atom. The van der Waals surface area contributed by atoms with E-state index < -0.39 is 77.7 Å². The zero-order chi connectivity index (χ0) is 53.4. The molecular weight excluding hydrogens is 1030 g/mol. The Morgan fingerprint density at radius 2 is 1.08 bits per heavy atom. The van der Waals surface area contributed by atoms with Crippen LogP contribution in [-0.4, -0.2) is 132 Å². The van der Waals surface area contributed by atoms with E-state index in [1.54, 1.807) is 9.80 Å². The standard InChI is InChI=1S/C24H24ClF5N4O3.C23H21ClF5N5O2/c1-2-32-7-9-33(10-8-32)23(37)34(17-5-6-19(26)18(25)12-17)14-16-4-3-15(11-20(16)27)21(35)13-31-22(36)24(28,29)30;1-2-32-7-9-33(10-8-32)22(35)34(16-5-6-18(25)17(24)12-16)13-15-4-3-14(11-19(15)26)20-30-31-21(36-20)23(27,28)29/h3-6,11-12H,2,7-10,13-14H2,1H3,(H,31,36);3-6,11-12H,2,7-10,13H2,1H3. The van der Waals surface area contributed by atoms with Gasteiger partial charge in [0.2, 0.25) is 5.89 Å². The highest BCUT2D eigenvalue weighted by Gasteiger charge is 2.39. The first-order valence-electron chi connectivity index (χ1n) is 22.3. The minimum absolute atomic E-state index is 0.00290. The van der Waals surface area contributed by atoms with Crippen molar-refractivity contribution in [2.75, 3.05) is 81.8 Å². The minimum Gasteiger partial charge on any atom is -0.413 e. The van der Waals surface area contributed by atoms with Crippen molar-refractivity contribution in [1.82, 2.24) is 35.1 Å². The predicted octanol–water partition coefficient (Wildman–Crippen LogP) is 9.69. The molecule has 0 spiro atoms. The van der Waals surface area contributed by atoms with Crippen LogP contribution in [0.2, 0.25) is 10.0 Å². The Morgan fingerprint density at radius 1 is 0.616 bits per heavy atom.